The van der Waals surface area contributed by atoms with Gasteiger partial charge in [0.1, 0.15) is 0 Å². The van der Waals surface area contributed by atoms with Gasteiger partial charge in [0.25, 0.3) is 0 Å². The highest BCUT2D eigenvalue weighted by atomic mass is 15.0. The van der Waals surface area contributed by atoms with Crippen molar-refractivity contribution in [3.63, 3.8) is 0 Å². The maximum Gasteiger partial charge on any atom is 0.160 e. The first-order valence-electron chi connectivity index (χ1n) is 21.4. The first kappa shape index (κ1) is 36.4. The molecule has 0 fully saturated rings. The molecule has 0 aliphatic carbocycles. The summed E-state index contributed by atoms with van der Waals surface area (Å²) >= 11 is 0. The third-order valence-electron chi connectivity index (χ3n) is 12.2. The minimum absolute atomic E-state index is 0.686. The first-order valence-corrected chi connectivity index (χ1v) is 21.4. The van der Waals surface area contributed by atoms with Gasteiger partial charge in [-0.3, -0.25) is 0 Å². The van der Waals surface area contributed by atoms with Crippen molar-refractivity contribution < 1.29 is 0 Å². The van der Waals surface area contributed by atoms with Gasteiger partial charge < -0.3 is 4.57 Å². The van der Waals surface area contributed by atoms with E-state index >= 15 is 0 Å². The minimum atomic E-state index is 0.686. The van der Waals surface area contributed by atoms with Crippen molar-refractivity contribution in [3.05, 3.63) is 231 Å². The van der Waals surface area contributed by atoms with E-state index in [0.29, 0.717) is 5.82 Å². The van der Waals surface area contributed by atoms with Gasteiger partial charge in [-0.15, -0.1) is 0 Å². The van der Waals surface area contributed by atoms with Crippen molar-refractivity contribution in [1.29, 1.82) is 0 Å². The van der Waals surface area contributed by atoms with Gasteiger partial charge in [-0.2, -0.15) is 0 Å². The van der Waals surface area contributed by atoms with Crippen LogP contribution in [0.2, 0.25) is 0 Å². The van der Waals surface area contributed by atoms with E-state index in [-0.39, 0.29) is 0 Å². The maximum absolute atomic E-state index is 5.38. The smallest absolute Gasteiger partial charge is 0.160 e. The Bertz CT molecular complexity index is 3630. The normalized spacial score (nSPS) is 11.5. The van der Waals surface area contributed by atoms with Crippen LogP contribution in [0.15, 0.2) is 231 Å². The molecular weight excluding hydrogens is 765 g/mol. The van der Waals surface area contributed by atoms with Gasteiger partial charge in [0.2, 0.25) is 0 Å². The SMILES string of the molecule is c1ccc(-c2ccc(-c3cc(-c4ccccc4)nc(-c4ccc(-c5cccc(-c6nc7ccccc7c7c6ccc6c7c7ccccc7n6-c6ccccc6)c5)cc4)n3)cc2)cc1. The van der Waals surface area contributed by atoms with Gasteiger partial charge in [-0.25, -0.2) is 15.0 Å². The van der Waals surface area contributed by atoms with E-state index < -0.39 is 0 Å². The number of nitrogens with zero attached hydrogens (tertiary/aromatic N) is 4. The average molecular weight is 803 g/mol. The van der Waals surface area contributed by atoms with Gasteiger partial charge in [0.15, 0.2) is 5.82 Å². The Morgan fingerprint density at radius 1 is 0.286 bits per heavy atom. The summed E-state index contributed by atoms with van der Waals surface area (Å²) < 4.78 is 2.39. The summed E-state index contributed by atoms with van der Waals surface area (Å²) in [6.45, 7) is 0. The Morgan fingerprint density at radius 3 is 1.54 bits per heavy atom. The zero-order chi connectivity index (χ0) is 41.7. The predicted molar refractivity (Wildman–Crippen MR) is 262 cm³/mol. The summed E-state index contributed by atoms with van der Waals surface area (Å²) in [6.07, 6.45) is 0. The highest BCUT2D eigenvalue weighted by molar-refractivity contribution is 6.29. The van der Waals surface area contributed by atoms with E-state index in [0.717, 1.165) is 72.4 Å². The Labute approximate surface area is 365 Å². The van der Waals surface area contributed by atoms with Gasteiger partial charge >= 0.3 is 0 Å². The van der Waals surface area contributed by atoms with Crippen molar-refractivity contribution in [3.8, 4) is 73.1 Å². The molecule has 0 spiro atoms. The summed E-state index contributed by atoms with van der Waals surface area (Å²) in [5, 5.41) is 5.97. The number of para-hydroxylation sites is 3. The molecule has 0 saturated heterocycles. The standard InChI is InChI=1S/C59H38N4/c1-4-15-39(16-5-1)40-27-31-43(32-28-40)53-38-52(42-17-6-2-7-18-42)61-59(62-53)44-33-29-41(30-34-44)45-19-14-20-46(37-45)58-50-35-36-55-57(56(50)48-23-10-12-25-51(48)60-58)49-24-11-13-26-54(49)63(55)47-21-8-3-9-22-47/h1-38H. The second kappa shape index (κ2) is 15.2. The molecular formula is C59H38N4. The van der Waals surface area contributed by atoms with Crippen molar-refractivity contribution in [2.75, 3.05) is 0 Å². The van der Waals surface area contributed by atoms with Gasteiger partial charge in [0, 0.05) is 54.9 Å². The molecule has 0 radical (unpaired) electrons. The molecule has 3 heterocycles. The van der Waals surface area contributed by atoms with Crippen LogP contribution < -0.4 is 0 Å². The molecule has 0 amide bonds. The Balaban J connectivity index is 0.948. The van der Waals surface area contributed by atoms with E-state index in [2.05, 4.69) is 223 Å². The van der Waals surface area contributed by atoms with E-state index in [4.69, 9.17) is 15.0 Å². The lowest BCUT2D eigenvalue weighted by Crippen LogP contribution is -1.96. The molecule has 4 heteroatoms. The zero-order valence-electron chi connectivity index (χ0n) is 34.2. The van der Waals surface area contributed by atoms with Crippen LogP contribution in [0.5, 0.6) is 0 Å². The molecule has 3 aromatic heterocycles. The van der Waals surface area contributed by atoms with Crippen molar-refractivity contribution >= 4 is 43.5 Å². The molecule has 0 N–H and O–H groups in total. The van der Waals surface area contributed by atoms with Crippen LogP contribution in [0, 0.1) is 0 Å². The van der Waals surface area contributed by atoms with Crippen LogP contribution in [0.4, 0.5) is 0 Å². The second-order valence-corrected chi connectivity index (χ2v) is 16.0. The van der Waals surface area contributed by atoms with Crippen LogP contribution in [0.3, 0.4) is 0 Å². The van der Waals surface area contributed by atoms with Gasteiger partial charge in [0.05, 0.1) is 33.6 Å². The number of pyridine rings is 1. The minimum Gasteiger partial charge on any atom is -0.309 e. The molecule has 9 aromatic carbocycles. The molecule has 0 atom stereocenters. The van der Waals surface area contributed by atoms with Crippen LogP contribution in [0.1, 0.15) is 0 Å². The summed E-state index contributed by atoms with van der Waals surface area (Å²) in [6, 6.07) is 81.4. The Morgan fingerprint density at radius 2 is 0.810 bits per heavy atom. The average Bonchev–Trinajstić information content (AvgIpc) is 3.71. The van der Waals surface area contributed by atoms with E-state index in [1.54, 1.807) is 0 Å². The lowest BCUT2D eigenvalue weighted by Gasteiger charge is -2.14. The van der Waals surface area contributed by atoms with Gasteiger partial charge in [-0.05, 0) is 64.7 Å². The van der Waals surface area contributed by atoms with E-state index in [1.165, 1.54) is 38.3 Å². The van der Waals surface area contributed by atoms with Crippen molar-refractivity contribution in [1.82, 2.24) is 19.5 Å². The lowest BCUT2D eigenvalue weighted by molar-refractivity contribution is 1.18. The molecule has 12 rings (SSSR count). The number of benzene rings is 9. The third-order valence-corrected chi connectivity index (χ3v) is 12.2. The molecule has 0 saturated carbocycles. The molecule has 0 unspecified atom stereocenters. The lowest BCUT2D eigenvalue weighted by atomic mass is 9.94. The highest BCUT2D eigenvalue weighted by Crippen LogP contribution is 2.43. The van der Waals surface area contributed by atoms with E-state index in [1.807, 2.05) is 12.1 Å². The van der Waals surface area contributed by atoms with Crippen LogP contribution in [-0.2, 0) is 0 Å². The molecule has 0 aliphatic rings. The van der Waals surface area contributed by atoms with Crippen LogP contribution in [-0.4, -0.2) is 19.5 Å². The fourth-order valence-corrected chi connectivity index (χ4v) is 9.18. The Hall–Kier alpha value is -8.47. The number of rotatable bonds is 7. The van der Waals surface area contributed by atoms with Crippen LogP contribution in [0.25, 0.3) is 117 Å². The zero-order valence-corrected chi connectivity index (χ0v) is 34.2. The fraction of sp³-hybridized carbons (Fsp3) is 0. The second-order valence-electron chi connectivity index (χ2n) is 16.0. The van der Waals surface area contributed by atoms with Gasteiger partial charge in [-0.1, -0.05) is 188 Å². The molecule has 0 aliphatic heterocycles. The quantitative estimate of drug-likeness (QED) is 0.151. The summed E-state index contributed by atoms with van der Waals surface area (Å²) in [7, 11) is 0. The molecule has 12 aromatic rings. The third kappa shape index (κ3) is 6.44. The van der Waals surface area contributed by atoms with Crippen molar-refractivity contribution in [2.24, 2.45) is 0 Å². The number of fused-ring (bicyclic) bond motifs is 7. The largest absolute Gasteiger partial charge is 0.309 e. The molecule has 0 bridgehead atoms. The fourth-order valence-electron chi connectivity index (χ4n) is 9.18. The topological polar surface area (TPSA) is 43.6 Å². The Kier molecular flexibility index (Phi) is 8.79. The summed E-state index contributed by atoms with van der Waals surface area (Å²) in [5.74, 6) is 0.686. The summed E-state index contributed by atoms with van der Waals surface area (Å²) in [4.78, 5) is 15.6. The highest BCUT2D eigenvalue weighted by Gasteiger charge is 2.20. The maximum atomic E-state index is 5.38. The molecule has 63 heavy (non-hydrogen) atoms. The monoisotopic (exact) mass is 802 g/mol. The molecule has 4 nitrogen and oxygen atoms in total. The van der Waals surface area contributed by atoms with Crippen LogP contribution >= 0.6 is 0 Å². The number of aromatic nitrogens is 4. The van der Waals surface area contributed by atoms with Crippen molar-refractivity contribution in [2.45, 2.75) is 0 Å². The number of hydrogen-bond acceptors (Lipinski definition) is 3. The van der Waals surface area contributed by atoms with E-state index in [9.17, 15) is 0 Å². The predicted octanol–water partition coefficient (Wildman–Crippen LogP) is 15.3. The molecule has 294 valence electrons. The number of hydrogen-bond donors (Lipinski definition) is 0. The summed E-state index contributed by atoms with van der Waals surface area (Å²) in [5.41, 5.74) is 15.9. The first-order chi connectivity index (χ1) is 31.2.